The van der Waals surface area contributed by atoms with Crippen molar-refractivity contribution < 1.29 is 9.53 Å². The number of carbonyl (C=O) groups excluding carboxylic acids is 1. The predicted octanol–water partition coefficient (Wildman–Crippen LogP) is 2.45. The first-order chi connectivity index (χ1) is 7.69. The van der Waals surface area contributed by atoms with Crippen LogP contribution in [0.4, 0.5) is 0 Å². The maximum absolute atomic E-state index is 11.6. The quantitative estimate of drug-likeness (QED) is 0.676. The smallest absolute Gasteiger partial charge is 0.309 e. The highest BCUT2D eigenvalue weighted by molar-refractivity contribution is 5.72. The van der Waals surface area contributed by atoms with Crippen molar-refractivity contribution in [3.05, 3.63) is 0 Å². The van der Waals surface area contributed by atoms with Gasteiger partial charge in [-0.05, 0) is 32.7 Å². The fourth-order valence-corrected chi connectivity index (χ4v) is 2.47. The molecule has 0 aromatic rings. The van der Waals surface area contributed by atoms with Crippen LogP contribution in [-0.4, -0.2) is 36.6 Å². The number of likely N-dealkylation sites (tertiary alicyclic amines) is 1. The topological polar surface area (TPSA) is 29.5 Å². The molecule has 94 valence electrons. The van der Waals surface area contributed by atoms with Gasteiger partial charge in [0.15, 0.2) is 0 Å². The number of ether oxygens (including phenoxy) is 1. The summed E-state index contributed by atoms with van der Waals surface area (Å²) < 4.78 is 5.05. The summed E-state index contributed by atoms with van der Waals surface area (Å²) >= 11 is 0. The Bertz CT molecular complexity index is 218. The largest absolute Gasteiger partial charge is 0.466 e. The van der Waals surface area contributed by atoms with Gasteiger partial charge in [-0.25, -0.2) is 0 Å². The van der Waals surface area contributed by atoms with E-state index < -0.39 is 0 Å². The number of esters is 1. The molecule has 1 aliphatic rings. The third-order valence-electron chi connectivity index (χ3n) is 3.42. The van der Waals surface area contributed by atoms with Crippen LogP contribution in [0.2, 0.25) is 0 Å². The average molecular weight is 227 g/mol. The molecule has 2 unspecified atom stereocenters. The second-order valence-corrected chi connectivity index (χ2v) is 4.71. The van der Waals surface area contributed by atoms with Crippen LogP contribution in [-0.2, 0) is 9.53 Å². The summed E-state index contributed by atoms with van der Waals surface area (Å²) in [5.41, 5.74) is 0. The normalized spacial score (nSPS) is 24.1. The Balaban J connectivity index is 2.41. The van der Waals surface area contributed by atoms with Crippen molar-refractivity contribution in [2.24, 2.45) is 5.92 Å². The third kappa shape index (κ3) is 3.78. The summed E-state index contributed by atoms with van der Waals surface area (Å²) in [5, 5.41) is 0. The zero-order valence-corrected chi connectivity index (χ0v) is 10.9. The van der Waals surface area contributed by atoms with Gasteiger partial charge in [0.05, 0.1) is 12.5 Å². The van der Waals surface area contributed by atoms with E-state index in [4.69, 9.17) is 4.74 Å². The fraction of sp³-hybridized carbons (Fsp3) is 0.923. The lowest BCUT2D eigenvalue weighted by Crippen LogP contribution is -2.43. The first-order valence-corrected chi connectivity index (χ1v) is 6.59. The number of hydrogen-bond donors (Lipinski definition) is 0. The molecule has 0 bridgehead atoms. The van der Waals surface area contributed by atoms with E-state index in [1.165, 1.54) is 25.7 Å². The van der Waals surface area contributed by atoms with Crippen LogP contribution < -0.4 is 0 Å². The summed E-state index contributed by atoms with van der Waals surface area (Å²) in [6.07, 6.45) is 5.08. The Kier molecular flexibility index (Phi) is 5.81. The third-order valence-corrected chi connectivity index (χ3v) is 3.42. The molecule has 3 nitrogen and oxygen atoms in total. The first kappa shape index (κ1) is 13.5. The molecule has 1 heterocycles. The van der Waals surface area contributed by atoms with Gasteiger partial charge in [-0.15, -0.1) is 0 Å². The summed E-state index contributed by atoms with van der Waals surface area (Å²) in [7, 11) is 0. The van der Waals surface area contributed by atoms with E-state index in [1.54, 1.807) is 0 Å². The summed E-state index contributed by atoms with van der Waals surface area (Å²) in [6, 6.07) is 0.672. The molecular weight excluding hydrogens is 202 g/mol. The van der Waals surface area contributed by atoms with Gasteiger partial charge >= 0.3 is 5.97 Å². The van der Waals surface area contributed by atoms with E-state index >= 15 is 0 Å². The van der Waals surface area contributed by atoms with Crippen molar-refractivity contribution in [1.82, 2.24) is 4.90 Å². The molecule has 0 radical (unpaired) electrons. The van der Waals surface area contributed by atoms with Crippen molar-refractivity contribution in [1.29, 1.82) is 0 Å². The lowest BCUT2D eigenvalue weighted by molar-refractivity contribution is -0.148. The monoisotopic (exact) mass is 227 g/mol. The number of carbonyl (C=O) groups is 1. The molecule has 0 aromatic heterocycles. The van der Waals surface area contributed by atoms with Crippen molar-refractivity contribution >= 4 is 5.97 Å². The molecule has 1 fully saturated rings. The summed E-state index contributed by atoms with van der Waals surface area (Å²) in [4.78, 5) is 14.0. The lowest BCUT2D eigenvalue weighted by Gasteiger charge is -2.36. The molecule has 0 amide bonds. The molecule has 16 heavy (non-hydrogen) atoms. The molecule has 1 rings (SSSR count). The van der Waals surface area contributed by atoms with E-state index in [-0.39, 0.29) is 11.9 Å². The highest BCUT2D eigenvalue weighted by Crippen LogP contribution is 2.20. The van der Waals surface area contributed by atoms with Crippen LogP contribution in [0.3, 0.4) is 0 Å². The van der Waals surface area contributed by atoms with Crippen LogP contribution in [0.5, 0.6) is 0 Å². The highest BCUT2D eigenvalue weighted by Gasteiger charge is 2.25. The molecular formula is C13H25NO2. The minimum absolute atomic E-state index is 0.00657. The number of rotatable bonds is 5. The Hall–Kier alpha value is -0.570. The van der Waals surface area contributed by atoms with Crippen molar-refractivity contribution in [2.45, 2.75) is 52.5 Å². The second kappa shape index (κ2) is 6.89. The van der Waals surface area contributed by atoms with E-state index in [9.17, 15) is 4.79 Å². The first-order valence-electron chi connectivity index (χ1n) is 6.59. The van der Waals surface area contributed by atoms with Crippen LogP contribution in [0.15, 0.2) is 0 Å². The van der Waals surface area contributed by atoms with Crippen molar-refractivity contribution in [3.8, 4) is 0 Å². The van der Waals surface area contributed by atoms with Gasteiger partial charge < -0.3 is 4.74 Å². The molecule has 0 saturated carbocycles. The SMILES string of the molecule is CCOC(=O)C(C)CN1CCCCC1CC. The van der Waals surface area contributed by atoms with E-state index in [0.29, 0.717) is 12.6 Å². The van der Waals surface area contributed by atoms with Crippen molar-refractivity contribution in [2.75, 3.05) is 19.7 Å². The molecule has 1 aliphatic heterocycles. The maximum atomic E-state index is 11.6. The molecule has 0 aromatic carbocycles. The predicted molar refractivity (Wildman–Crippen MR) is 65.3 cm³/mol. The lowest BCUT2D eigenvalue weighted by atomic mass is 9.98. The van der Waals surface area contributed by atoms with Gasteiger partial charge in [0.2, 0.25) is 0 Å². The zero-order valence-electron chi connectivity index (χ0n) is 10.9. The number of hydrogen-bond acceptors (Lipinski definition) is 3. The minimum Gasteiger partial charge on any atom is -0.466 e. The maximum Gasteiger partial charge on any atom is 0.309 e. The number of piperidine rings is 1. The Labute approximate surface area is 99.1 Å². The van der Waals surface area contributed by atoms with Gasteiger partial charge in [0.1, 0.15) is 0 Å². The minimum atomic E-state index is -0.0528. The standard InChI is InChI=1S/C13H25NO2/c1-4-12-8-6-7-9-14(12)10-11(3)13(15)16-5-2/h11-12H,4-10H2,1-3H3. The van der Waals surface area contributed by atoms with Gasteiger partial charge in [0, 0.05) is 12.6 Å². The number of nitrogens with zero attached hydrogens (tertiary/aromatic N) is 1. The van der Waals surface area contributed by atoms with Crippen molar-refractivity contribution in [3.63, 3.8) is 0 Å². The molecule has 0 N–H and O–H groups in total. The fourth-order valence-electron chi connectivity index (χ4n) is 2.47. The van der Waals surface area contributed by atoms with Gasteiger partial charge in [-0.3, -0.25) is 9.69 Å². The highest BCUT2D eigenvalue weighted by atomic mass is 16.5. The van der Waals surface area contributed by atoms with Crippen LogP contribution in [0, 0.1) is 5.92 Å². The van der Waals surface area contributed by atoms with Gasteiger partial charge in [-0.1, -0.05) is 20.3 Å². The van der Waals surface area contributed by atoms with Gasteiger partial charge in [0.25, 0.3) is 0 Å². The van der Waals surface area contributed by atoms with Crippen LogP contribution in [0.1, 0.15) is 46.5 Å². The Morgan fingerprint density at radius 1 is 1.44 bits per heavy atom. The van der Waals surface area contributed by atoms with E-state index in [2.05, 4.69) is 11.8 Å². The molecule has 0 aliphatic carbocycles. The molecule has 2 atom stereocenters. The van der Waals surface area contributed by atoms with E-state index in [0.717, 1.165) is 13.1 Å². The summed E-state index contributed by atoms with van der Waals surface area (Å²) in [6.45, 7) is 8.55. The average Bonchev–Trinajstić information content (AvgIpc) is 2.30. The van der Waals surface area contributed by atoms with Crippen LogP contribution >= 0.6 is 0 Å². The van der Waals surface area contributed by atoms with Crippen LogP contribution in [0.25, 0.3) is 0 Å². The van der Waals surface area contributed by atoms with E-state index in [1.807, 2.05) is 13.8 Å². The molecule has 1 saturated heterocycles. The zero-order chi connectivity index (χ0) is 12.0. The molecule has 3 heteroatoms. The Morgan fingerprint density at radius 2 is 2.19 bits per heavy atom. The Morgan fingerprint density at radius 3 is 2.81 bits per heavy atom. The molecule has 0 spiro atoms. The summed E-state index contributed by atoms with van der Waals surface area (Å²) in [5.74, 6) is -0.0463. The second-order valence-electron chi connectivity index (χ2n) is 4.71. The van der Waals surface area contributed by atoms with Gasteiger partial charge in [-0.2, -0.15) is 0 Å².